The summed E-state index contributed by atoms with van der Waals surface area (Å²) < 4.78 is 37.3. The number of aryl methyl sites for hydroxylation is 1. The Morgan fingerprint density at radius 2 is 1.79 bits per heavy atom. The van der Waals surface area contributed by atoms with Crippen LogP contribution in [0.5, 0.6) is 5.75 Å². The van der Waals surface area contributed by atoms with Crippen LogP contribution in [0.15, 0.2) is 47.4 Å². The lowest BCUT2D eigenvalue weighted by Crippen LogP contribution is -2.40. The Bertz CT molecular complexity index is 940. The molecule has 9 heteroatoms. The van der Waals surface area contributed by atoms with Gasteiger partial charge < -0.3 is 20.1 Å². The molecule has 0 saturated carbocycles. The molecule has 1 aliphatic rings. The summed E-state index contributed by atoms with van der Waals surface area (Å²) in [5.41, 5.74) is 2.51. The fourth-order valence-corrected chi connectivity index (χ4v) is 4.49. The first kappa shape index (κ1) is 20.5. The monoisotopic (exact) mass is 421 g/mol. The predicted molar refractivity (Wildman–Crippen MR) is 114 cm³/mol. The van der Waals surface area contributed by atoms with E-state index in [1.165, 1.54) is 4.31 Å². The van der Waals surface area contributed by atoms with Crippen molar-refractivity contribution in [3.8, 4) is 5.75 Å². The average molecular weight is 422 g/mol. The number of thiocarbonyl (C=S) groups is 1. The first-order chi connectivity index (χ1) is 13.4. The second kappa shape index (κ2) is 8.87. The minimum Gasteiger partial charge on any atom is -0.495 e. The van der Waals surface area contributed by atoms with Gasteiger partial charge in [-0.15, -0.1) is 0 Å². The fourth-order valence-electron chi connectivity index (χ4n) is 2.85. The van der Waals surface area contributed by atoms with Crippen LogP contribution >= 0.6 is 12.2 Å². The van der Waals surface area contributed by atoms with E-state index in [0.29, 0.717) is 42.9 Å². The highest BCUT2D eigenvalue weighted by atomic mass is 32.2. The zero-order chi connectivity index (χ0) is 20.1. The van der Waals surface area contributed by atoms with Crippen molar-refractivity contribution in [3.63, 3.8) is 0 Å². The Balaban J connectivity index is 1.67. The van der Waals surface area contributed by atoms with E-state index in [1.807, 2.05) is 25.1 Å². The first-order valence-electron chi connectivity index (χ1n) is 8.81. The predicted octanol–water partition coefficient (Wildman–Crippen LogP) is 2.83. The molecule has 2 aromatic rings. The zero-order valence-corrected chi connectivity index (χ0v) is 17.4. The summed E-state index contributed by atoms with van der Waals surface area (Å²) in [5, 5.41) is 6.54. The molecular weight excluding hydrogens is 398 g/mol. The number of rotatable bonds is 5. The van der Waals surface area contributed by atoms with Gasteiger partial charge in [0, 0.05) is 18.8 Å². The van der Waals surface area contributed by atoms with Gasteiger partial charge in [0.15, 0.2) is 5.11 Å². The molecule has 1 fully saturated rings. The van der Waals surface area contributed by atoms with E-state index in [0.717, 1.165) is 11.3 Å². The molecule has 1 saturated heterocycles. The van der Waals surface area contributed by atoms with Crippen LogP contribution in [0, 0.1) is 6.92 Å². The molecule has 7 nitrogen and oxygen atoms in total. The van der Waals surface area contributed by atoms with Gasteiger partial charge in [0.05, 0.1) is 30.9 Å². The molecule has 2 N–H and O–H groups in total. The normalized spacial score (nSPS) is 15.1. The van der Waals surface area contributed by atoms with Gasteiger partial charge >= 0.3 is 0 Å². The third-order valence-corrected chi connectivity index (χ3v) is 6.44. The van der Waals surface area contributed by atoms with Crippen molar-refractivity contribution in [2.45, 2.75) is 11.8 Å². The summed E-state index contributed by atoms with van der Waals surface area (Å²) in [5.74, 6) is 0.682. The van der Waals surface area contributed by atoms with E-state index in [1.54, 1.807) is 31.4 Å². The van der Waals surface area contributed by atoms with Crippen LogP contribution in [-0.2, 0) is 14.8 Å². The van der Waals surface area contributed by atoms with Gasteiger partial charge in [-0.2, -0.15) is 4.31 Å². The Hall–Kier alpha value is -2.20. The Labute approximate surface area is 170 Å². The number of hydrogen-bond acceptors (Lipinski definition) is 5. The van der Waals surface area contributed by atoms with E-state index < -0.39 is 10.0 Å². The van der Waals surface area contributed by atoms with Crippen LogP contribution in [0.25, 0.3) is 0 Å². The average Bonchev–Trinajstić information content (AvgIpc) is 2.69. The summed E-state index contributed by atoms with van der Waals surface area (Å²) in [6.45, 7) is 3.56. The van der Waals surface area contributed by atoms with Crippen molar-refractivity contribution in [2.24, 2.45) is 0 Å². The van der Waals surface area contributed by atoms with Crippen molar-refractivity contribution in [1.82, 2.24) is 4.31 Å². The molecule has 0 amide bonds. The maximum absolute atomic E-state index is 12.7. The smallest absolute Gasteiger partial charge is 0.243 e. The number of hydrogen-bond donors (Lipinski definition) is 2. The van der Waals surface area contributed by atoms with Crippen molar-refractivity contribution in [3.05, 3.63) is 48.0 Å². The van der Waals surface area contributed by atoms with E-state index >= 15 is 0 Å². The minimum atomic E-state index is -3.51. The Morgan fingerprint density at radius 1 is 1.11 bits per heavy atom. The molecule has 0 aliphatic carbocycles. The van der Waals surface area contributed by atoms with Crippen molar-refractivity contribution in [1.29, 1.82) is 0 Å². The van der Waals surface area contributed by atoms with Gasteiger partial charge in [-0.3, -0.25) is 0 Å². The molecule has 1 aliphatic heterocycles. The number of sulfonamides is 1. The second-order valence-corrected chi connectivity index (χ2v) is 8.67. The maximum Gasteiger partial charge on any atom is 0.243 e. The number of ether oxygens (including phenoxy) is 2. The molecule has 28 heavy (non-hydrogen) atoms. The van der Waals surface area contributed by atoms with E-state index in [4.69, 9.17) is 21.7 Å². The number of morpholine rings is 1. The minimum absolute atomic E-state index is 0.249. The largest absolute Gasteiger partial charge is 0.495 e. The highest BCUT2D eigenvalue weighted by Gasteiger charge is 2.26. The summed E-state index contributed by atoms with van der Waals surface area (Å²) in [7, 11) is -1.91. The molecule has 0 radical (unpaired) electrons. The van der Waals surface area contributed by atoms with Crippen LogP contribution in [0.4, 0.5) is 11.4 Å². The van der Waals surface area contributed by atoms with Crippen molar-refractivity contribution < 1.29 is 17.9 Å². The Kier molecular flexibility index (Phi) is 6.50. The van der Waals surface area contributed by atoms with Gasteiger partial charge in [-0.25, -0.2) is 8.42 Å². The molecule has 0 unspecified atom stereocenters. The molecule has 0 bridgehead atoms. The van der Waals surface area contributed by atoms with E-state index in [2.05, 4.69) is 10.6 Å². The van der Waals surface area contributed by atoms with Crippen LogP contribution in [0.2, 0.25) is 0 Å². The van der Waals surface area contributed by atoms with E-state index in [-0.39, 0.29) is 4.90 Å². The lowest BCUT2D eigenvalue weighted by atomic mass is 10.2. The van der Waals surface area contributed by atoms with Gasteiger partial charge in [-0.05, 0) is 61.1 Å². The maximum atomic E-state index is 12.7. The number of anilines is 2. The second-order valence-electron chi connectivity index (χ2n) is 6.32. The van der Waals surface area contributed by atoms with Gasteiger partial charge in [-0.1, -0.05) is 6.07 Å². The summed E-state index contributed by atoms with van der Waals surface area (Å²) in [6.07, 6.45) is 0. The standard InChI is InChI=1S/C19H23N3O4S2/c1-14-3-8-18(25-2)17(13-14)21-19(27)20-15-4-6-16(7-5-15)28(23,24)22-9-11-26-12-10-22/h3-8,13H,9-12H2,1-2H3,(H2,20,21,27). The first-order valence-corrected chi connectivity index (χ1v) is 10.7. The summed E-state index contributed by atoms with van der Waals surface area (Å²) >= 11 is 5.36. The van der Waals surface area contributed by atoms with Gasteiger partial charge in [0.25, 0.3) is 0 Å². The SMILES string of the molecule is COc1ccc(C)cc1NC(=S)Nc1ccc(S(=O)(=O)N2CCOCC2)cc1. The molecule has 0 atom stereocenters. The highest BCUT2D eigenvalue weighted by Crippen LogP contribution is 2.25. The van der Waals surface area contributed by atoms with Gasteiger partial charge in [0.2, 0.25) is 10.0 Å². The molecular formula is C19H23N3O4S2. The fraction of sp³-hybridized carbons (Fsp3) is 0.316. The molecule has 0 aromatic heterocycles. The van der Waals surface area contributed by atoms with Crippen LogP contribution < -0.4 is 15.4 Å². The van der Waals surface area contributed by atoms with Crippen LogP contribution in [0.3, 0.4) is 0 Å². The Morgan fingerprint density at radius 3 is 2.43 bits per heavy atom. The number of methoxy groups -OCH3 is 1. The van der Waals surface area contributed by atoms with Crippen molar-refractivity contribution >= 4 is 38.7 Å². The number of benzene rings is 2. The van der Waals surface area contributed by atoms with Crippen LogP contribution in [0.1, 0.15) is 5.56 Å². The lowest BCUT2D eigenvalue weighted by molar-refractivity contribution is 0.0730. The number of nitrogens with zero attached hydrogens (tertiary/aromatic N) is 1. The highest BCUT2D eigenvalue weighted by molar-refractivity contribution is 7.89. The lowest BCUT2D eigenvalue weighted by Gasteiger charge is -2.26. The van der Waals surface area contributed by atoms with Crippen LogP contribution in [-0.4, -0.2) is 51.2 Å². The number of nitrogens with one attached hydrogen (secondary N) is 2. The third-order valence-electron chi connectivity index (χ3n) is 4.32. The molecule has 0 spiro atoms. The third kappa shape index (κ3) is 4.79. The van der Waals surface area contributed by atoms with Gasteiger partial charge in [0.1, 0.15) is 5.75 Å². The quantitative estimate of drug-likeness (QED) is 0.719. The molecule has 3 rings (SSSR count). The summed E-state index contributed by atoms with van der Waals surface area (Å²) in [4.78, 5) is 0.249. The molecule has 1 heterocycles. The zero-order valence-electron chi connectivity index (χ0n) is 15.8. The van der Waals surface area contributed by atoms with Crippen molar-refractivity contribution in [2.75, 3.05) is 44.0 Å². The summed E-state index contributed by atoms with van der Waals surface area (Å²) in [6, 6.07) is 12.3. The molecule has 2 aromatic carbocycles. The van der Waals surface area contributed by atoms with E-state index in [9.17, 15) is 8.42 Å². The molecule has 150 valence electrons. The topological polar surface area (TPSA) is 79.9 Å².